The zero-order valence-corrected chi connectivity index (χ0v) is 13.0. The summed E-state index contributed by atoms with van der Waals surface area (Å²) in [5, 5.41) is 0. The van der Waals surface area contributed by atoms with Crippen molar-refractivity contribution in [2.24, 2.45) is 11.1 Å². The summed E-state index contributed by atoms with van der Waals surface area (Å²) in [6.45, 7) is 5.10. The van der Waals surface area contributed by atoms with Crippen molar-refractivity contribution in [2.45, 2.75) is 25.8 Å². The summed E-state index contributed by atoms with van der Waals surface area (Å²) in [6.07, 6.45) is 1.47. The number of ether oxygens (including phenoxy) is 1. The van der Waals surface area contributed by atoms with E-state index in [0.717, 1.165) is 10.5 Å². The lowest BCUT2D eigenvalue weighted by atomic mass is 9.82. The second-order valence-electron chi connectivity index (χ2n) is 5.70. The van der Waals surface area contributed by atoms with Crippen molar-refractivity contribution >= 4 is 17.9 Å². The lowest BCUT2D eigenvalue weighted by Gasteiger charge is -2.30. The summed E-state index contributed by atoms with van der Waals surface area (Å²) in [5.74, 6) is -1.40. The fraction of sp³-hybridized carbons (Fsp3) is 0.353. The van der Waals surface area contributed by atoms with Crippen LogP contribution in [0.25, 0.3) is 0 Å². The Kier molecular flexibility index (Phi) is 4.83. The Morgan fingerprint density at radius 3 is 2.65 bits per heavy atom. The van der Waals surface area contributed by atoms with Gasteiger partial charge in [-0.2, -0.15) is 0 Å². The lowest BCUT2D eigenvalue weighted by molar-refractivity contribution is -0.147. The van der Waals surface area contributed by atoms with Gasteiger partial charge in [-0.05, 0) is 25.3 Å². The molecule has 3 amide bonds. The second-order valence-corrected chi connectivity index (χ2v) is 5.70. The summed E-state index contributed by atoms with van der Waals surface area (Å²) >= 11 is 0. The Hall–Kier alpha value is -2.63. The SMILES string of the molecule is C=CCCC(C)(C(N)=O)C(=O)N1C(=O)OC[C@H]1c1ccccc1. The number of nitrogens with two attached hydrogens (primary N) is 1. The van der Waals surface area contributed by atoms with Gasteiger partial charge in [0.2, 0.25) is 11.8 Å². The Balaban J connectivity index is 2.35. The van der Waals surface area contributed by atoms with Crippen LogP contribution in [0, 0.1) is 5.41 Å². The molecular formula is C17H20N2O4. The molecule has 1 aliphatic rings. The smallest absolute Gasteiger partial charge is 0.417 e. The maximum absolute atomic E-state index is 12.9. The molecule has 0 saturated carbocycles. The second kappa shape index (κ2) is 6.64. The van der Waals surface area contributed by atoms with E-state index >= 15 is 0 Å². The van der Waals surface area contributed by atoms with Crippen molar-refractivity contribution in [3.63, 3.8) is 0 Å². The number of benzene rings is 1. The summed E-state index contributed by atoms with van der Waals surface area (Å²) in [7, 11) is 0. The third-order valence-electron chi connectivity index (χ3n) is 4.14. The van der Waals surface area contributed by atoms with Gasteiger partial charge in [0.1, 0.15) is 18.1 Å². The van der Waals surface area contributed by atoms with Crippen molar-refractivity contribution in [1.29, 1.82) is 0 Å². The van der Waals surface area contributed by atoms with E-state index in [-0.39, 0.29) is 13.0 Å². The molecule has 1 aromatic carbocycles. The number of cyclic esters (lactones) is 1. The molecule has 1 saturated heterocycles. The van der Waals surface area contributed by atoms with Crippen LogP contribution >= 0.6 is 0 Å². The van der Waals surface area contributed by atoms with Gasteiger partial charge >= 0.3 is 6.09 Å². The average molecular weight is 316 g/mol. The standard InChI is InChI=1S/C17H20N2O4/c1-3-4-10-17(2,14(18)20)15(21)19-13(11-23-16(19)22)12-8-6-5-7-9-12/h3,5-9,13H,1,4,10-11H2,2H3,(H2,18,20)/t13-,17?/m0/s1. The first-order valence-electron chi connectivity index (χ1n) is 7.38. The summed E-state index contributed by atoms with van der Waals surface area (Å²) < 4.78 is 5.03. The maximum Gasteiger partial charge on any atom is 0.417 e. The third-order valence-corrected chi connectivity index (χ3v) is 4.14. The van der Waals surface area contributed by atoms with Crippen molar-refractivity contribution in [3.8, 4) is 0 Å². The summed E-state index contributed by atoms with van der Waals surface area (Å²) in [6, 6.07) is 8.51. The molecule has 1 aromatic rings. The van der Waals surface area contributed by atoms with Crippen LogP contribution in [-0.2, 0) is 14.3 Å². The van der Waals surface area contributed by atoms with Crippen LogP contribution in [0.3, 0.4) is 0 Å². The molecule has 23 heavy (non-hydrogen) atoms. The molecule has 0 bridgehead atoms. The highest BCUT2D eigenvalue weighted by Gasteiger charge is 2.49. The third kappa shape index (κ3) is 3.11. The Labute approximate surface area is 134 Å². The average Bonchev–Trinajstić information content (AvgIpc) is 2.94. The summed E-state index contributed by atoms with van der Waals surface area (Å²) in [5.41, 5.74) is 4.72. The molecule has 6 nitrogen and oxygen atoms in total. The molecule has 1 heterocycles. The normalized spacial score (nSPS) is 19.8. The first kappa shape index (κ1) is 16.7. The highest BCUT2D eigenvalue weighted by Crippen LogP contribution is 2.34. The first-order valence-corrected chi connectivity index (χ1v) is 7.38. The topological polar surface area (TPSA) is 89.7 Å². The van der Waals surface area contributed by atoms with Gasteiger partial charge in [0, 0.05) is 0 Å². The van der Waals surface area contributed by atoms with Gasteiger partial charge in [0.05, 0.1) is 0 Å². The number of amides is 3. The van der Waals surface area contributed by atoms with Gasteiger partial charge in [-0.1, -0.05) is 36.4 Å². The monoisotopic (exact) mass is 316 g/mol. The number of primary amides is 1. The van der Waals surface area contributed by atoms with Gasteiger partial charge in [-0.15, -0.1) is 6.58 Å². The van der Waals surface area contributed by atoms with E-state index in [4.69, 9.17) is 10.5 Å². The number of imide groups is 1. The predicted molar refractivity (Wildman–Crippen MR) is 84.1 cm³/mol. The first-order chi connectivity index (χ1) is 10.9. The van der Waals surface area contributed by atoms with E-state index < -0.39 is 29.4 Å². The molecular weight excluding hydrogens is 296 g/mol. The zero-order valence-electron chi connectivity index (χ0n) is 13.0. The highest BCUT2D eigenvalue weighted by molar-refractivity contribution is 6.09. The van der Waals surface area contributed by atoms with Gasteiger partial charge in [0.15, 0.2) is 0 Å². The number of hydrogen-bond donors (Lipinski definition) is 1. The van der Waals surface area contributed by atoms with E-state index in [9.17, 15) is 14.4 Å². The quantitative estimate of drug-likeness (QED) is 0.643. The molecule has 1 unspecified atom stereocenters. The van der Waals surface area contributed by atoms with E-state index in [2.05, 4.69) is 6.58 Å². The molecule has 6 heteroatoms. The molecule has 1 fully saturated rings. The van der Waals surface area contributed by atoms with Crippen molar-refractivity contribution in [1.82, 2.24) is 4.90 Å². The van der Waals surface area contributed by atoms with Gasteiger partial charge in [-0.25, -0.2) is 9.69 Å². The van der Waals surface area contributed by atoms with E-state index in [1.165, 1.54) is 6.92 Å². The predicted octanol–water partition coefficient (Wildman–Crippen LogP) is 2.16. The van der Waals surface area contributed by atoms with Crippen LogP contribution < -0.4 is 5.73 Å². The molecule has 2 rings (SSSR count). The van der Waals surface area contributed by atoms with Crippen molar-refractivity contribution in [2.75, 3.05) is 6.61 Å². The van der Waals surface area contributed by atoms with Crippen molar-refractivity contribution in [3.05, 3.63) is 48.6 Å². The van der Waals surface area contributed by atoms with E-state index in [1.54, 1.807) is 18.2 Å². The Morgan fingerprint density at radius 2 is 2.09 bits per heavy atom. The molecule has 122 valence electrons. The molecule has 0 spiro atoms. The molecule has 0 aromatic heterocycles. The number of nitrogens with zero attached hydrogens (tertiary/aromatic N) is 1. The molecule has 2 atom stereocenters. The molecule has 0 radical (unpaired) electrons. The molecule has 0 aliphatic carbocycles. The Morgan fingerprint density at radius 1 is 1.43 bits per heavy atom. The van der Waals surface area contributed by atoms with Crippen LogP contribution in [0.4, 0.5) is 4.79 Å². The van der Waals surface area contributed by atoms with Crippen LogP contribution in [0.5, 0.6) is 0 Å². The summed E-state index contributed by atoms with van der Waals surface area (Å²) in [4.78, 5) is 37.8. The van der Waals surface area contributed by atoms with E-state index in [1.807, 2.05) is 18.2 Å². The fourth-order valence-electron chi connectivity index (χ4n) is 2.56. The van der Waals surface area contributed by atoms with Gasteiger partial charge < -0.3 is 10.5 Å². The maximum atomic E-state index is 12.9. The van der Waals surface area contributed by atoms with E-state index in [0.29, 0.717) is 6.42 Å². The number of allylic oxidation sites excluding steroid dienone is 1. The minimum atomic E-state index is -1.48. The van der Waals surface area contributed by atoms with Crippen molar-refractivity contribution < 1.29 is 19.1 Å². The minimum Gasteiger partial charge on any atom is -0.446 e. The fourth-order valence-corrected chi connectivity index (χ4v) is 2.56. The Bertz CT molecular complexity index is 629. The largest absolute Gasteiger partial charge is 0.446 e. The highest BCUT2D eigenvalue weighted by atomic mass is 16.6. The minimum absolute atomic E-state index is 0.0604. The lowest BCUT2D eigenvalue weighted by Crippen LogP contribution is -2.50. The zero-order chi connectivity index (χ0) is 17.0. The number of carbonyl (C=O) groups excluding carboxylic acids is 3. The van der Waals surface area contributed by atoms with Crippen LogP contribution in [0.15, 0.2) is 43.0 Å². The molecule has 2 N–H and O–H groups in total. The number of hydrogen-bond acceptors (Lipinski definition) is 4. The van der Waals surface area contributed by atoms with Gasteiger partial charge in [0.25, 0.3) is 0 Å². The van der Waals surface area contributed by atoms with Crippen LogP contribution in [0.1, 0.15) is 31.4 Å². The molecule has 1 aliphatic heterocycles. The number of carbonyl (C=O) groups is 3. The van der Waals surface area contributed by atoms with Gasteiger partial charge in [-0.3, -0.25) is 9.59 Å². The van der Waals surface area contributed by atoms with Crippen LogP contribution in [0.2, 0.25) is 0 Å². The number of rotatable bonds is 6. The van der Waals surface area contributed by atoms with Crippen LogP contribution in [-0.4, -0.2) is 29.4 Å².